The zero-order valence-electron chi connectivity index (χ0n) is 11.2. The first-order valence-electron chi connectivity index (χ1n) is 7.43. The molecule has 2 rings (SSSR count). The van der Waals surface area contributed by atoms with Gasteiger partial charge in [0.1, 0.15) is 0 Å². The lowest BCUT2D eigenvalue weighted by Gasteiger charge is -2.23. The van der Waals surface area contributed by atoms with Crippen molar-refractivity contribution in [3.8, 4) is 0 Å². The largest absolute Gasteiger partial charge is 0.390 e. The van der Waals surface area contributed by atoms with Gasteiger partial charge in [0.2, 0.25) is 0 Å². The maximum Gasteiger partial charge on any atom is 0.0791 e. The third-order valence-electron chi connectivity index (χ3n) is 4.07. The van der Waals surface area contributed by atoms with Crippen LogP contribution < -0.4 is 5.32 Å². The molecule has 0 aromatic rings. The van der Waals surface area contributed by atoms with Crippen molar-refractivity contribution in [1.82, 2.24) is 10.2 Å². The molecule has 0 bridgehead atoms. The van der Waals surface area contributed by atoms with Crippen molar-refractivity contribution >= 4 is 0 Å². The van der Waals surface area contributed by atoms with Gasteiger partial charge in [-0.3, -0.25) is 0 Å². The van der Waals surface area contributed by atoms with E-state index in [2.05, 4.69) is 17.1 Å². The zero-order chi connectivity index (χ0) is 12.1. The Kier molecular flexibility index (Phi) is 5.26. The molecule has 17 heavy (non-hydrogen) atoms. The van der Waals surface area contributed by atoms with Crippen LogP contribution in [0.2, 0.25) is 0 Å². The summed E-state index contributed by atoms with van der Waals surface area (Å²) in [5.41, 5.74) is 0. The predicted octanol–water partition coefficient (Wildman–Crippen LogP) is 1.61. The fourth-order valence-corrected chi connectivity index (χ4v) is 2.93. The molecule has 1 heterocycles. The molecule has 1 aliphatic heterocycles. The van der Waals surface area contributed by atoms with Crippen molar-refractivity contribution < 1.29 is 5.11 Å². The van der Waals surface area contributed by atoms with E-state index in [0.717, 1.165) is 19.0 Å². The highest BCUT2D eigenvalue weighted by molar-refractivity contribution is 4.86. The molecule has 0 aromatic heterocycles. The molecule has 1 saturated carbocycles. The van der Waals surface area contributed by atoms with Crippen molar-refractivity contribution in [3.63, 3.8) is 0 Å². The highest BCUT2D eigenvalue weighted by Crippen LogP contribution is 2.34. The molecule has 1 saturated heterocycles. The quantitative estimate of drug-likeness (QED) is 0.676. The molecule has 0 spiro atoms. The predicted molar refractivity (Wildman–Crippen MR) is 71.1 cm³/mol. The summed E-state index contributed by atoms with van der Waals surface area (Å²) in [7, 11) is 0. The Bertz CT molecular complexity index is 212. The molecular formula is C14H28N2O. The Morgan fingerprint density at radius 3 is 2.59 bits per heavy atom. The lowest BCUT2D eigenvalue weighted by atomic mass is 10.1. The summed E-state index contributed by atoms with van der Waals surface area (Å²) in [5, 5.41) is 13.6. The van der Waals surface area contributed by atoms with Crippen LogP contribution in [0.1, 0.15) is 45.4 Å². The van der Waals surface area contributed by atoms with E-state index in [1.54, 1.807) is 0 Å². The van der Waals surface area contributed by atoms with Gasteiger partial charge in [-0.25, -0.2) is 0 Å². The maximum absolute atomic E-state index is 10.0. The number of nitrogens with zero attached hydrogens (tertiary/aromatic N) is 1. The average Bonchev–Trinajstić information content (AvgIpc) is 3.04. The van der Waals surface area contributed by atoms with Crippen LogP contribution in [0.4, 0.5) is 0 Å². The Labute approximate surface area is 106 Å². The fraction of sp³-hybridized carbons (Fsp3) is 1.00. The van der Waals surface area contributed by atoms with Gasteiger partial charge >= 0.3 is 0 Å². The van der Waals surface area contributed by atoms with Gasteiger partial charge in [-0.05, 0) is 51.1 Å². The van der Waals surface area contributed by atoms with Gasteiger partial charge in [0.25, 0.3) is 0 Å². The van der Waals surface area contributed by atoms with E-state index in [9.17, 15) is 5.11 Å². The van der Waals surface area contributed by atoms with Crippen LogP contribution in [0, 0.1) is 5.92 Å². The zero-order valence-corrected chi connectivity index (χ0v) is 11.2. The second-order valence-corrected chi connectivity index (χ2v) is 5.80. The minimum absolute atomic E-state index is 0.189. The highest BCUT2D eigenvalue weighted by atomic mass is 16.3. The summed E-state index contributed by atoms with van der Waals surface area (Å²) in [5.74, 6) is 0.897. The third kappa shape index (κ3) is 4.57. The summed E-state index contributed by atoms with van der Waals surface area (Å²) < 4.78 is 0. The standard InChI is InChI=1S/C14H28N2O/c1-2-5-14(12-6-7-12)15-10-13(17)11-16-8-3-4-9-16/h12-15,17H,2-11H2,1H3. The summed E-state index contributed by atoms with van der Waals surface area (Å²) >= 11 is 0. The minimum Gasteiger partial charge on any atom is -0.390 e. The molecule has 3 heteroatoms. The van der Waals surface area contributed by atoms with Crippen molar-refractivity contribution in [1.29, 1.82) is 0 Å². The number of rotatable bonds is 8. The number of hydrogen-bond donors (Lipinski definition) is 2. The summed E-state index contributed by atoms with van der Waals surface area (Å²) in [4.78, 5) is 2.39. The summed E-state index contributed by atoms with van der Waals surface area (Å²) in [6, 6.07) is 0.660. The molecule has 2 N–H and O–H groups in total. The van der Waals surface area contributed by atoms with Crippen LogP contribution >= 0.6 is 0 Å². The molecule has 100 valence electrons. The van der Waals surface area contributed by atoms with Gasteiger partial charge in [0, 0.05) is 19.1 Å². The lowest BCUT2D eigenvalue weighted by Crippen LogP contribution is -2.41. The van der Waals surface area contributed by atoms with E-state index in [1.165, 1.54) is 51.6 Å². The minimum atomic E-state index is -0.189. The van der Waals surface area contributed by atoms with Crippen LogP contribution in [0.5, 0.6) is 0 Å². The van der Waals surface area contributed by atoms with E-state index in [1.807, 2.05) is 0 Å². The lowest BCUT2D eigenvalue weighted by molar-refractivity contribution is 0.119. The van der Waals surface area contributed by atoms with E-state index < -0.39 is 0 Å². The first kappa shape index (κ1) is 13.3. The number of nitrogens with one attached hydrogen (secondary N) is 1. The summed E-state index contributed by atoms with van der Waals surface area (Å²) in [6.07, 6.45) is 7.71. The number of aliphatic hydroxyl groups excluding tert-OH is 1. The Balaban J connectivity index is 1.61. The van der Waals surface area contributed by atoms with E-state index >= 15 is 0 Å². The number of aliphatic hydroxyl groups is 1. The number of likely N-dealkylation sites (tertiary alicyclic amines) is 1. The van der Waals surface area contributed by atoms with E-state index in [0.29, 0.717) is 6.04 Å². The van der Waals surface area contributed by atoms with Crippen LogP contribution in [0.3, 0.4) is 0 Å². The van der Waals surface area contributed by atoms with Gasteiger partial charge in [0.05, 0.1) is 6.10 Å². The molecular weight excluding hydrogens is 212 g/mol. The maximum atomic E-state index is 10.0. The third-order valence-corrected chi connectivity index (χ3v) is 4.07. The topological polar surface area (TPSA) is 35.5 Å². The first-order chi connectivity index (χ1) is 8.29. The number of hydrogen-bond acceptors (Lipinski definition) is 3. The number of β-amino-alcohol motifs (C(OH)–C–C–N with tert-alkyl or cyclic N) is 1. The molecule has 2 unspecified atom stereocenters. The van der Waals surface area contributed by atoms with Gasteiger partial charge in [-0.15, -0.1) is 0 Å². The Hall–Kier alpha value is -0.120. The molecule has 0 amide bonds. The molecule has 3 nitrogen and oxygen atoms in total. The SMILES string of the molecule is CCCC(NCC(O)CN1CCCC1)C1CC1. The van der Waals surface area contributed by atoms with Crippen LogP contribution in [0.25, 0.3) is 0 Å². The van der Waals surface area contributed by atoms with Crippen LogP contribution in [-0.2, 0) is 0 Å². The normalized spacial score (nSPS) is 25.1. The van der Waals surface area contributed by atoms with Gasteiger partial charge in [0.15, 0.2) is 0 Å². The monoisotopic (exact) mass is 240 g/mol. The summed E-state index contributed by atoms with van der Waals surface area (Å²) in [6.45, 7) is 6.24. The van der Waals surface area contributed by atoms with Crippen molar-refractivity contribution in [2.75, 3.05) is 26.2 Å². The highest BCUT2D eigenvalue weighted by Gasteiger charge is 2.30. The Morgan fingerprint density at radius 1 is 1.29 bits per heavy atom. The average molecular weight is 240 g/mol. The van der Waals surface area contributed by atoms with Crippen LogP contribution in [-0.4, -0.2) is 48.3 Å². The van der Waals surface area contributed by atoms with Gasteiger partial charge in [-0.2, -0.15) is 0 Å². The molecule has 0 radical (unpaired) electrons. The van der Waals surface area contributed by atoms with Gasteiger partial charge < -0.3 is 15.3 Å². The molecule has 2 atom stereocenters. The van der Waals surface area contributed by atoms with Crippen molar-refractivity contribution in [3.05, 3.63) is 0 Å². The second-order valence-electron chi connectivity index (χ2n) is 5.80. The smallest absolute Gasteiger partial charge is 0.0791 e. The molecule has 0 aromatic carbocycles. The van der Waals surface area contributed by atoms with Crippen molar-refractivity contribution in [2.24, 2.45) is 5.92 Å². The van der Waals surface area contributed by atoms with E-state index in [-0.39, 0.29) is 6.10 Å². The molecule has 2 fully saturated rings. The second kappa shape index (κ2) is 6.72. The molecule has 1 aliphatic carbocycles. The van der Waals surface area contributed by atoms with Crippen LogP contribution in [0.15, 0.2) is 0 Å². The van der Waals surface area contributed by atoms with E-state index in [4.69, 9.17) is 0 Å². The van der Waals surface area contributed by atoms with Gasteiger partial charge in [-0.1, -0.05) is 13.3 Å². The first-order valence-corrected chi connectivity index (χ1v) is 7.43. The van der Waals surface area contributed by atoms with Crippen molar-refractivity contribution in [2.45, 2.75) is 57.6 Å². The fourth-order valence-electron chi connectivity index (χ4n) is 2.93. The molecule has 2 aliphatic rings. The Morgan fingerprint density at radius 2 is 2.00 bits per heavy atom.